The van der Waals surface area contributed by atoms with Gasteiger partial charge >= 0.3 is 29.6 Å². The molecule has 14 heteroatoms. The van der Waals surface area contributed by atoms with Crippen LogP contribution in [0.25, 0.3) is 10.9 Å². The van der Waals surface area contributed by atoms with Gasteiger partial charge in [0.25, 0.3) is 5.91 Å². The number of likely N-dealkylation sites (tertiary alicyclic amines) is 1. The first kappa shape index (κ1) is 30.8. The second-order valence-electron chi connectivity index (χ2n) is 10.7. The van der Waals surface area contributed by atoms with Gasteiger partial charge in [0, 0.05) is 35.8 Å². The average molecular weight is 585 g/mol. The molecule has 1 unspecified atom stereocenters. The van der Waals surface area contributed by atoms with Crippen molar-refractivity contribution in [2.75, 3.05) is 20.2 Å². The van der Waals surface area contributed by atoms with Gasteiger partial charge < -0.3 is 34.9 Å². The molecule has 1 aromatic heterocycles. The van der Waals surface area contributed by atoms with E-state index in [1.807, 2.05) is 6.07 Å². The number of methoxy groups -OCH3 is 1. The van der Waals surface area contributed by atoms with Crippen LogP contribution in [0.1, 0.15) is 49.0 Å². The van der Waals surface area contributed by atoms with Gasteiger partial charge in [-0.2, -0.15) is 0 Å². The Bertz CT molecular complexity index is 1380. The zero-order chi connectivity index (χ0) is 27.9. The van der Waals surface area contributed by atoms with Gasteiger partial charge in [0.05, 0.1) is 13.0 Å². The number of nitrogens with zero attached hydrogens (tertiary/aromatic N) is 1. The zero-order valence-electron chi connectivity index (χ0n) is 22.6. The quantitative estimate of drug-likeness (QED) is 0.201. The monoisotopic (exact) mass is 584 g/mol. The first-order chi connectivity index (χ1) is 18.6. The van der Waals surface area contributed by atoms with Crippen LogP contribution in [0, 0.1) is 23.7 Å². The minimum atomic E-state index is -5.25. The number of aliphatic hydroxyl groups is 1. The molecule has 212 valence electrons. The SMILES string of the molecule is COc1cccc2[nH]c(C(=O)N3C[C@@H]4CCC[C@@H]4[C@H]3NC(=O)[C@H](C[C@@H]3CCCNC3=O)C(O)S(=O)(=O)[O-])cc12.[Na+]. The smallest absolute Gasteiger partial charge is 0.746 e. The zero-order valence-corrected chi connectivity index (χ0v) is 25.4. The van der Waals surface area contributed by atoms with Crippen LogP contribution >= 0.6 is 0 Å². The number of ether oxygens (including phenoxy) is 1. The molecule has 2 aliphatic heterocycles. The molecule has 12 nitrogen and oxygen atoms in total. The Morgan fingerprint density at radius 2 is 2.02 bits per heavy atom. The Labute approximate surface area is 254 Å². The number of aromatic nitrogens is 1. The summed E-state index contributed by atoms with van der Waals surface area (Å²) in [5.74, 6) is -3.23. The van der Waals surface area contributed by atoms with Crippen molar-refractivity contribution < 1.29 is 66.8 Å². The fourth-order valence-corrected chi connectivity index (χ4v) is 7.09. The summed E-state index contributed by atoms with van der Waals surface area (Å²) < 4.78 is 40.6. The maximum absolute atomic E-state index is 13.7. The molecule has 3 aliphatic rings. The number of aromatic amines is 1. The third kappa shape index (κ3) is 6.04. The number of amides is 3. The molecule has 1 aliphatic carbocycles. The summed E-state index contributed by atoms with van der Waals surface area (Å²) >= 11 is 0. The second kappa shape index (κ2) is 12.4. The van der Waals surface area contributed by atoms with E-state index in [0.717, 1.165) is 24.6 Å². The van der Waals surface area contributed by atoms with E-state index >= 15 is 0 Å². The predicted molar refractivity (Wildman–Crippen MR) is 138 cm³/mol. The first-order valence-electron chi connectivity index (χ1n) is 13.3. The molecule has 0 spiro atoms. The Balaban J connectivity index is 0.00000370. The summed E-state index contributed by atoms with van der Waals surface area (Å²) in [6.07, 6.45) is 2.56. The summed E-state index contributed by atoms with van der Waals surface area (Å²) in [6, 6.07) is 7.11. The van der Waals surface area contributed by atoms with Crippen LogP contribution in [0.15, 0.2) is 24.3 Å². The van der Waals surface area contributed by atoms with Gasteiger partial charge in [-0.3, -0.25) is 14.4 Å². The third-order valence-corrected chi connectivity index (χ3v) is 9.35. The Morgan fingerprint density at radius 3 is 2.73 bits per heavy atom. The van der Waals surface area contributed by atoms with Crippen molar-refractivity contribution in [3.8, 4) is 5.75 Å². The van der Waals surface area contributed by atoms with Crippen molar-refractivity contribution in [1.82, 2.24) is 20.5 Å². The minimum Gasteiger partial charge on any atom is -0.746 e. The summed E-state index contributed by atoms with van der Waals surface area (Å²) in [5.41, 5.74) is -1.49. The van der Waals surface area contributed by atoms with E-state index in [9.17, 15) is 32.5 Å². The van der Waals surface area contributed by atoms with Crippen LogP contribution in [0.4, 0.5) is 0 Å². The van der Waals surface area contributed by atoms with Crippen LogP contribution < -0.4 is 44.9 Å². The van der Waals surface area contributed by atoms with E-state index in [2.05, 4.69) is 15.6 Å². The fourth-order valence-electron chi connectivity index (χ4n) is 6.45. The normalized spacial score (nSPS) is 26.0. The number of H-pyrrole nitrogens is 1. The molecule has 3 heterocycles. The third-order valence-electron chi connectivity index (χ3n) is 8.43. The number of rotatable bonds is 8. The number of piperidine rings is 1. The van der Waals surface area contributed by atoms with E-state index in [4.69, 9.17) is 4.74 Å². The molecule has 3 fully saturated rings. The van der Waals surface area contributed by atoms with Gasteiger partial charge in [-0.25, -0.2) is 8.42 Å². The van der Waals surface area contributed by atoms with Crippen molar-refractivity contribution in [1.29, 1.82) is 0 Å². The molecule has 1 saturated carbocycles. The Kier molecular flexibility index (Phi) is 9.53. The number of fused-ring (bicyclic) bond motifs is 2. The van der Waals surface area contributed by atoms with Gasteiger partial charge in [-0.15, -0.1) is 0 Å². The number of hydrogen-bond donors (Lipinski definition) is 4. The van der Waals surface area contributed by atoms with Crippen molar-refractivity contribution in [2.24, 2.45) is 23.7 Å². The molecule has 4 N–H and O–H groups in total. The van der Waals surface area contributed by atoms with Crippen molar-refractivity contribution in [3.63, 3.8) is 0 Å². The van der Waals surface area contributed by atoms with Gasteiger partial charge in [-0.05, 0) is 56.2 Å². The van der Waals surface area contributed by atoms with E-state index < -0.39 is 39.5 Å². The molecule has 40 heavy (non-hydrogen) atoms. The predicted octanol–water partition coefficient (Wildman–Crippen LogP) is -2.11. The molecule has 6 atom stereocenters. The van der Waals surface area contributed by atoms with Crippen molar-refractivity contribution >= 4 is 38.7 Å². The van der Waals surface area contributed by atoms with E-state index in [-0.39, 0.29) is 59.6 Å². The molecule has 3 amide bonds. The van der Waals surface area contributed by atoms with E-state index in [0.29, 0.717) is 42.9 Å². The molecule has 0 bridgehead atoms. The topological polar surface area (TPSA) is 181 Å². The van der Waals surface area contributed by atoms with Crippen LogP contribution in [-0.2, 0) is 19.7 Å². The number of carbonyl (C=O) groups excluding carboxylic acids is 3. The van der Waals surface area contributed by atoms with Crippen LogP contribution in [0.5, 0.6) is 5.75 Å². The molecular formula is C26H33N4NaO8S. The number of carbonyl (C=O) groups is 3. The van der Waals surface area contributed by atoms with Crippen LogP contribution in [0.2, 0.25) is 0 Å². The van der Waals surface area contributed by atoms with E-state index in [1.165, 1.54) is 0 Å². The standard InChI is InChI=1S/C26H34N4O8S.Na/c1-38-21-9-3-8-19-17(21)12-20(28-19)25(33)30-13-15-5-2-7-16(15)22(30)29-24(32)18(26(34)39(35,36)37)11-14-6-4-10-27-23(14)31;/h3,8-9,12,14-16,18,22,26,28,34H,2,4-7,10-11,13H2,1H3,(H,27,31)(H,29,32)(H,35,36,37);/q;+1/p-1/t14-,15-,16-,18-,22-,26?;/m0./s1. The number of hydrogen-bond acceptors (Lipinski definition) is 8. The largest absolute Gasteiger partial charge is 1.00 e. The first-order valence-corrected chi connectivity index (χ1v) is 14.7. The van der Waals surface area contributed by atoms with Gasteiger partial charge in [0.2, 0.25) is 11.8 Å². The number of aliphatic hydroxyl groups excluding tert-OH is 1. The maximum Gasteiger partial charge on any atom is 1.00 e. The van der Waals surface area contributed by atoms with Crippen LogP contribution in [-0.4, -0.2) is 77.5 Å². The second-order valence-corrected chi connectivity index (χ2v) is 12.2. The average Bonchev–Trinajstić information content (AvgIpc) is 3.62. The maximum atomic E-state index is 13.7. The minimum absolute atomic E-state index is 0. The Hall–Kier alpha value is -2.16. The van der Waals surface area contributed by atoms with Crippen molar-refractivity contribution in [2.45, 2.75) is 50.1 Å². The Morgan fingerprint density at radius 1 is 1.25 bits per heavy atom. The summed E-state index contributed by atoms with van der Waals surface area (Å²) in [5, 5.41) is 16.6. The van der Waals surface area contributed by atoms with Gasteiger partial charge in [0.1, 0.15) is 27.7 Å². The fraction of sp³-hybridized carbons (Fsp3) is 0.577. The molecular weight excluding hydrogens is 551 g/mol. The number of benzene rings is 1. The van der Waals surface area contributed by atoms with Crippen LogP contribution in [0.3, 0.4) is 0 Å². The van der Waals surface area contributed by atoms with Gasteiger partial charge in [0.15, 0.2) is 5.44 Å². The summed E-state index contributed by atoms with van der Waals surface area (Å²) in [4.78, 5) is 44.2. The summed E-state index contributed by atoms with van der Waals surface area (Å²) in [6.45, 7) is 0.871. The summed E-state index contributed by atoms with van der Waals surface area (Å²) in [7, 11) is -3.70. The van der Waals surface area contributed by atoms with Gasteiger partial charge in [-0.1, -0.05) is 12.5 Å². The molecule has 2 saturated heterocycles. The molecule has 5 rings (SSSR count). The molecule has 1 aromatic carbocycles. The molecule has 2 aromatic rings. The van der Waals surface area contributed by atoms with E-state index in [1.54, 1.807) is 30.2 Å². The number of nitrogens with one attached hydrogen (secondary N) is 3. The molecule has 0 radical (unpaired) electrons. The van der Waals surface area contributed by atoms with Crippen molar-refractivity contribution in [3.05, 3.63) is 30.0 Å².